The van der Waals surface area contributed by atoms with E-state index in [-0.39, 0.29) is 29.3 Å². The summed E-state index contributed by atoms with van der Waals surface area (Å²) in [6.45, 7) is 0. The molecule has 0 saturated carbocycles. The smallest absolute Gasteiger partial charge is 0.150 e. The SMILES string of the molecule is NNC(CC1CCS(=O)(=O)C1)c1ccccc1F. The Kier molecular flexibility index (Phi) is 3.99. The van der Waals surface area contributed by atoms with E-state index in [1.807, 2.05) is 0 Å². The van der Waals surface area contributed by atoms with Gasteiger partial charge < -0.3 is 0 Å². The fourth-order valence-electron chi connectivity index (χ4n) is 2.43. The standard InChI is InChI=1S/C12H17FN2O2S/c13-11-4-2-1-3-10(11)12(15-14)7-9-5-6-18(16,17)8-9/h1-4,9,12,15H,5-8,14H2. The highest BCUT2D eigenvalue weighted by molar-refractivity contribution is 7.91. The van der Waals surface area contributed by atoms with Crippen LogP contribution in [0, 0.1) is 11.7 Å². The highest BCUT2D eigenvalue weighted by Gasteiger charge is 2.30. The Labute approximate surface area is 106 Å². The van der Waals surface area contributed by atoms with Gasteiger partial charge in [-0.15, -0.1) is 0 Å². The van der Waals surface area contributed by atoms with Crippen molar-refractivity contribution in [1.82, 2.24) is 5.43 Å². The number of hydrogen-bond donors (Lipinski definition) is 2. The fraction of sp³-hybridized carbons (Fsp3) is 0.500. The number of nitrogens with one attached hydrogen (secondary N) is 1. The molecule has 2 unspecified atom stereocenters. The highest BCUT2D eigenvalue weighted by atomic mass is 32.2. The number of hydrazine groups is 1. The summed E-state index contributed by atoms with van der Waals surface area (Å²) in [6, 6.07) is 6.07. The van der Waals surface area contributed by atoms with Crippen LogP contribution in [0.5, 0.6) is 0 Å². The van der Waals surface area contributed by atoms with E-state index >= 15 is 0 Å². The summed E-state index contributed by atoms with van der Waals surface area (Å²) < 4.78 is 36.4. The van der Waals surface area contributed by atoms with Gasteiger partial charge in [0, 0.05) is 11.6 Å². The molecule has 0 spiro atoms. The molecule has 1 aromatic carbocycles. The molecule has 3 N–H and O–H groups in total. The first-order chi connectivity index (χ1) is 8.52. The van der Waals surface area contributed by atoms with E-state index in [1.165, 1.54) is 6.07 Å². The molecule has 2 rings (SSSR count). The summed E-state index contributed by atoms with van der Waals surface area (Å²) in [5.74, 6) is 5.60. The minimum Gasteiger partial charge on any atom is -0.271 e. The Hall–Kier alpha value is -0.980. The molecular weight excluding hydrogens is 255 g/mol. The van der Waals surface area contributed by atoms with Crippen LogP contribution in [0.3, 0.4) is 0 Å². The van der Waals surface area contributed by atoms with Crippen LogP contribution in [0.15, 0.2) is 24.3 Å². The largest absolute Gasteiger partial charge is 0.271 e. The fourth-order valence-corrected chi connectivity index (χ4v) is 4.31. The number of hydrogen-bond acceptors (Lipinski definition) is 4. The van der Waals surface area contributed by atoms with Crippen LogP contribution in [0.4, 0.5) is 4.39 Å². The van der Waals surface area contributed by atoms with Crippen molar-refractivity contribution < 1.29 is 12.8 Å². The maximum atomic E-state index is 13.6. The van der Waals surface area contributed by atoms with Crippen molar-refractivity contribution in [2.75, 3.05) is 11.5 Å². The van der Waals surface area contributed by atoms with Gasteiger partial charge in [-0.25, -0.2) is 12.8 Å². The van der Waals surface area contributed by atoms with E-state index in [0.29, 0.717) is 18.4 Å². The van der Waals surface area contributed by atoms with Gasteiger partial charge in [-0.05, 0) is 24.8 Å². The molecule has 1 aliphatic rings. The van der Waals surface area contributed by atoms with Crippen molar-refractivity contribution >= 4 is 9.84 Å². The first-order valence-electron chi connectivity index (χ1n) is 5.93. The molecule has 0 radical (unpaired) electrons. The van der Waals surface area contributed by atoms with E-state index in [2.05, 4.69) is 5.43 Å². The quantitative estimate of drug-likeness (QED) is 0.637. The third-order valence-corrected chi connectivity index (χ3v) is 5.21. The Morgan fingerprint density at radius 3 is 2.72 bits per heavy atom. The second kappa shape index (κ2) is 5.34. The molecule has 1 aromatic rings. The molecule has 0 amide bonds. The Morgan fingerprint density at radius 1 is 1.44 bits per heavy atom. The van der Waals surface area contributed by atoms with E-state index in [4.69, 9.17) is 5.84 Å². The van der Waals surface area contributed by atoms with Crippen LogP contribution >= 0.6 is 0 Å². The first kappa shape index (κ1) is 13.5. The van der Waals surface area contributed by atoms with E-state index in [0.717, 1.165) is 0 Å². The molecule has 1 saturated heterocycles. The minimum absolute atomic E-state index is 0.0515. The predicted molar refractivity (Wildman–Crippen MR) is 67.8 cm³/mol. The molecule has 0 bridgehead atoms. The number of sulfone groups is 1. The van der Waals surface area contributed by atoms with Crippen molar-refractivity contribution in [3.05, 3.63) is 35.6 Å². The van der Waals surface area contributed by atoms with E-state index in [1.54, 1.807) is 18.2 Å². The molecule has 1 aliphatic heterocycles. The van der Waals surface area contributed by atoms with Crippen molar-refractivity contribution in [2.24, 2.45) is 11.8 Å². The van der Waals surface area contributed by atoms with Gasteiger partial charge in [0.05, 0.1) is 11.5 Å². The molecule has 0 aliphatic carbocycles. The lowest BCUT2D eigenvalue weighted by Crippen LogP contribution is -2.30. The topological polar surface area (TPSA) is 72.2 Å². The second-order valence-electron chi connectivity index (χ2n) is 4.75. The first-order valence-corrected chi connectivity index (χ1v) is 7.75. The number of rotatable bonds is 4. The van der Waals surface area contributed by atoms with Crippen molar-refractivity contribution in [3.8, 4) is 0 Å². The molecular formula is C12H17FN2O2S. The molecule has 100 valence electrons. The predicted octanol–water partition coefficient (Wildman–Crippen LogP) is 1.15. The molecule has 6 heteroatoms. The van der Waals surface area contributed by atoms with Gasteiger partial charge in [-0.1, -0.05) is 18.2 Å². The molecule has 1 heterocycles. The number of halogens is 1. The minimum atomic E-state index is -2.90. The Balaban J connectivity index is 2.09. The van der Waals surface area contributed by atoms with Gasteiger partial charge in [0.1, 0.15) is 5.82 Å². The molecule has 0 aromatic heterocycles. The van der Waals surface area contributed by atoms with Crippen LogP contribution in [-0.4, -0.2) is 19.9 Å². The lowest BCUT2D eigenvalue weighted by Gasteiger charge is -2.20. The van der Waals surface area contributed by atoms with E-state index < -0.39 is 9.84 Å². The summed E-state index contributed by atoms with van der Waals surface area (Å²) in [5.41, 5.74) is 3.07. The average Bonchev–Trinajstić information content (AvgIpc) is 2.67. The lowest BCUT2D eigenvalue weighted by molar-refractivity contribution is 0.409. The van der Waals surface area contributed by atoms with Crippen LogP contribution in [0.1, 0.15) is 24.4 Å². The number of nitrogens with two attached hydrogens (primary N) is 1. The second-order valence-corrected chi connectivity index (χ2v) is 6.97. The summed E-state index contributed by atoms with van der Waals surface area (Å²) >= 11 is 0. The molecule has 18 heavy (non-hydrogen) atoms. The zero-order valence-electron chi connectivity index (χ0n) is 9.97. The summed E-state index contributed by atoms with van der Waals surface area (Å²) in [7, 11) is -2.90. The Morgan fingerprint density at radius 2 is 2.17 bits per heavy atom. The van der Waals surface area contributed by atoms with Crippen molar-refractivity contribution in [1.29, 1.82) is 0 Å². The average molecular weight is 272 g/mol. The number of benzene rings is 1. The van der Waals surface area contributed by atoms with Crippen LogP contribution in [-0.2, 0) is 9.84 Å². The monoisotopic (exact) mass is 272 g/mol. The van der Waals surface area contributed by atoms with Gasteiger partial charge in [-0.2, -0.15) is 0 Å². The van der Waals surface area contributed by atoms with Crippen LogP contribution < -0.4 is 11.3 Å². The highest BCUT2D eigenvalue weighted by Crippen LogP contribution is 2.29. The van der Waals surface area contributed by atoms with Crippen LogP contribution in [0.25, 0.3) is 0 Å². The summed E-state index contributed by atoms with van der Waals surface area (Å²) in [4.78, 5) is 0. The third-order valence-electron chi connectivity index (χ3n) is 3.38. The maximum Gasteiger partial charge on any atom is 0.150 e. The van der Waals surface area contributed by atoms with Crippen LogP contribution in [0.2, 0.25) is 0 Å². The summed E-state index contributed by atoms with van der Waals surface area (Å²) in [5, 5.41) is 0. The lowest BCUT2D eigenvalue weighted by atomic mass is 9.94. The molecule has 1 fully saturated rings. The van der Waals surface area contributed by atoms with Gasteiger partial charge >= 0.3 is 0 Å². The Bertz CT molecular complexity index is 519. The van der Waals surface area contributed by atoms with Gasteiger partial charge in [0.25, 0.3) is 0 Å². The molecule has 4 nitrogen and oxygen atoms in total. The third kappa shape index (κ3) is 3.07. The zero-order valence-corrected chi connectivity index (χ0v) is 10.8. The van der Waals surface area contributed by atoms with Gasteiger partial charge in [0.2, 0.25) is 0 Å². The molecule has 2 atom stereocenters. The van der Waals surface area contributed by atoms with Crippen molar-refractivity contribution in [3.63, 3.8) is 0 Å². The summed E-state index contributed by atoms with van der Waals surface area (Å²) in [6.07, 6.45) is 1.17. The maximum absolute atomic E-state index is 13.6. The van der Waals surface area contributed by atoms with Gasteiger partial charge in [0.15, 0.2) is 9.84 Å². The van der Waals surface area contributed by atoms with Crippen molar-refractivity contribution in [2.45, 2.75) is 18.9 Å². The van der Waals surface area contributed by atoms with Gasteiger partial charge in [-0.3, -0.25) is 11.3 Å². The van der Waals surface area contributed by atoms with E-state index in [9.17, 15) is 12.8 Å². The zero-order chi connectivity index (χ0) is 13.2. The normalized spacial score (nSPS) is 24.0.